The highest BCUT2D eigenvalue weighted by Gasteiger charge is 1.99. The second kappa shape index (κ2) is 10.5. The molecular weight excluding hydrogens is 317 g/mol. The normalized spacial score (nSPS) is 11.4. The zero-order valence-electron chi connectivity index (χ0n) is 14.9. The first-order chi connectivity index (χ1) is 12.2. The Hall–Kier alpha value is -2.40. The number of hydrogen-bond donors (Lipinski definition) is 2. The van der Waals surface area contributed by atoms with E-state index < -0.39 is 0 Å². The van der Waals surface area contributed by atoms with Crippen molar-refractivity contribution in [1.82, 2.24) is 10.6 Å². The van der Waals surface area contributed by atoms with Gasteiger partial charge in [0.25, 0.3) is 0 Å². The molecule has 2 aromatic carbocycles. The summed E-state index contributed by atoms with van der Waals surface area (Å²) in [5.41, 5.74) is 3.40. The number of aliphatic imine (C=N–C) groups is 1. The standard InChI is InChI=1S/C20H26FN3O/c1-3-22-20(23-13-12-16-8-10-19(21)11-9-16)24-14-17-4-6-18(7-5-17)15-25-2/h4-11H,3,12-15H2,1-2H3,(H2,22,23,24). The minimum absolute atomic E-state index is 0.205. The third-order valence-electron chi connectivity index (χ3n) is 3.72. The number of halogens is 1. The van der Waals surface area contributed by atoms with E-state index in [9.17, 15) is 4.39 Å². The maximum atomic E-state index is 12.9. The lowest BCUT2D eigenvalue weighted by Gasteiger charge is -2.11. The van der Waals surface area contributed by atoms with E-state index in [2.05, 4.69) is 39.9 Å². The summed E-state index contributed by atoms with van der Waals surface area (Å²) < 4.78 is 18.0. The fourth-order valence-electron chi connectivity index (χ4n) is 2.40. The van der Waals surface area contributed by atoms with Crippen molar-refractivity contribution in [3.63, 3.8) is 0 Å². The van der Waals surface area contributed by atoms with Crippen LogP contribution in [0.1, 0.15) is 23.6 Å². The number of hydrogen-bond acceptors (Lipinski definition) is 2. The Morgan fingerprint density at radius 1 is 0.960 bits per heavy atom. The average molecular weight is 343 g/mol. The molecule has 2 rings (SSSR count). The summed E-state index contributed by atoms with van der Waals surface area (Å²) in [6.45, 7) is 4.81. The molecule has 2 N–H and O–H groups in total. The van der Waals surface area contributed by atoms with Crippen molar-refractivity contribution in [3.05, 3.63) is 71.0 Å². The summed E-state index contributed by atoms with van der Waals surface area (Å²) in [6, 6.07) is 14.8. The van der Waals surface area contributed by atoms with Gasteiger partial charge >= 0.3 is 0 Å². The molecule has 0 saturated carbocycles. The maximum Gasteiger partial charge on any atom is 0.191 e. The van der Waals surface area contributed by atoms with Crippen molar-refractivity contribution in [2.45, 2.75) is 26.5 Å². The van der Waals surface area contributed by atoms with Crippen molar-refractivity contribution in [2.75, 3.05) is 20.2 Å². The Labute approximate surface area is 149 Å². The van der Waals surface area contributed by atoms with Crippen LogP contribution in [0.5, 0.6) is 0 Å². The van der Waals surface area contributed by atoms with E-state index in [1.807, 2.05) is 19.1 Å². The van der Waals surface area contributed by atoms with Gasteiger partial charge in [0.1, 0.15) is 5.82 Å². The number of guanidine groups is 1. The number of rotatable bonds is 8. The molecule has 0 spiro atoms. The Balaban J connectivity index is 1.85. The van der Waals surface area contributed by atoms with Gasteiger partial charge in [0.15, 0.2) is 5.96 Å². The first-order valence-corrected chi connectivity index (χ1v) is 8.54. The molecule has 0 saturated heterocycles. The molecule has 0 fully saturated rings. The van der Waals surface area contributed by atoms with Gasteiger partial charge in [-0.25, -0.2) is 9.38 Å². The van der Waals surface area contributed by atoms with Gasteiger partial charge in [0.2, 0.25) is 0 Å². The molecule has 0 aliphatic rings. The highest BCUT2D eigenvalue weighted by molar-refractivity contribution is 5.79. The Morgan fingerprint density at radius 3 is 2.24 bits per heavy atom. The van der Waals surface area contributed by atoms with Crippen LogP contribution in [0.15, 0.2) is 53.5 Å². The lowest BCUT2D eigenvalue weighted by molar-refractivity contribution is 0.185. The van der Waals surface area contributed by atoms with Gasteiger partial charge in [-0.05, 0) is 42.2 Å². The molecule has 134 valence electrons. The molecule has 5 heteroatoms. The highest BCUT2D eigenvalue weighted by atomic mass is 19.1. The van der Waals surface area contributed by atoms with Crippen LogP contribution in [0.4, 0.5) is 4.39 Å². The van der Waals surface area contributed by atoms with Crippen LogP contribution >= 0.6 is 0 Å². The summed E-state index contributed by atoms with van der Waals surface area (Å²) in [6.07, 6.45) is 0.816. The minimum atomic E-state index is -0.205. The highest BCUT2D eigenvalue weighted by Crippen LogP contribution is 2.07. The summed E-state index contributed by atoms with van der Waals surface area (Å²) in [7, 11) is 1.69. The topological polar surface area (TPSA) is 45.7 Å². The average Bonchev–Trinajstić information content (AvgIpc) is 2.63. The molecule has 2 aromatic rings. The van der Waals surface area contributed by atoms with E-state index in [0.717, 1.165) is 42.2 Å². The van der Waals surface area contributed by atoms with Crippen LogP contribution in [0, 0.1) is 5.82 Å². The molecule has 0 heterocycles. The number of ether oxygens (including phenoxy) is 1. The van der Waals surface area contributed by atoms with Crippen LogP contribution < -0.4 is 10.6 Å². The van der Waals surface area contributed by atoms with Gasteiger partial charge in [-0.2, -0.15) is 0 Å². The molecule has 25 heavy (non-hydrogen) atoms. The van der Waals surface area contributed by atoms with Crippen molar-refractivity contribution in [2.24, 2.45) is 4.99 Å². The van der Waals surface area contributed by atoms with Gasteiger partial charge < -0.3 is 15.4 Å². The number of nitrogens with one attached hydrogen (secondary N) is 2. The summed E-state index contributed by atoms with van der Waals surface area (Å²) >= 11 is 0. The zero-order valence-corrected chi connectivity index (χ0v) is 14.9. The van der Waals surface area contributed by atoms with Gasteiger partial charge in [0, 0.05) is 20.2 Å². The molecular formula is C20H26FN3O. The number of methoxy groups -OCH3 is 1. The smallest absolute Gasteiger partial charge is 0.191 e. The van der Waals surface area contributed by atoms with E-state index in [1.165, 1.54) is 12.1 Å². The van der Waals surface area contributed by atoms with Crippen molar-refractivity contribution in [1.29, 1.82) is 0 Å². The van der Waals surface area contributed by atoms with Crippen LogP contribution in [-0.4, -0.2) is 26.2 Å². The lowest BCUT2D eigenvalue weighted by atomic mass is 10.1. The Kier molecular flexibility index (Phi) is 7.92. The quantitative estimate of drug-likeness (QED) is 0.571. The van der Waals surface area contributed by atoms with Crippen LogP contribution in [0.3, 0.4) is 0 Å². The number of benzene rings is 2. The first kappa shape index (κ1) is 18.9. The molecule has 0 atom stereocenters. The van der Waals surface area contributed by atoms with E-state index >= 15 is 0 Å². The largest absolute Gasteiger partial charge is 0.380 e. The lowest BCUT2D eigenvalue weighted by Crippen LogP contribution is -2.38. The summed E-state index contributed by atoms with van der Waals surface area (Å²) in [5, 5.41) is 6.55. The first-order valence-electron chi connectivity index (χ1n) is 8.54. The van der Waals surface area contributed by atoms with Crippen LogP contribution in [-0.2, 0) is 24.3 Å². The van der Waals surface area contributed by atoms with Crippen molar-refractivity contribution >= 4 is 5.96 Å². The number of nitrogens with zero attached hydrogens (tertiary/aromatic N) is 1. The Bertz CT molecular complexity index is 654. The summed E-state index contributed by atoms with van der Waals surface area (Å²) in [5.74, 6) is 0.578. The fourth-order valence-corrected chi connectivity index (χ4v) is 2.40. The van der Waals surface area contributed by atoms with E-state index in [-0.39, 0.29) is 5.82 Å². The Morgan fingerprint density at radius 2 is 1.60 bits per heavy atom. The molecule has 0 bridgehead atoms. The van der Waals surface area contributed by atoms with Gasteiger partial charge in [-0.3, -0.25) is 0 Å². The monoisotopic (exact) mass is 343 g/mol. The molecule has 0 unspecified atom stereocenters. The predicted molar refractivity (Wildman–Crippen MR) is 100 cm³/mol. The van der Waals surface area contributed by atoms with Crippen LogP contribution in [0.25, 0.3) is 0 Å². The van der Waals surface area contributed by atoms with E-state index in [0.29, 0.717) is 13.2 Å². The predicted octanol–water partition coefficient (Wildman–Crippen LogP) is 3.27. The van der Waals surface area contributed by atoms with E-state index in [1.54, 1.807) is 7.11 Å². The van der Waals surface area contributed by atoms with Crippen molar-refractivity contribution < 1.29 is 9.13 Å². The molecule has 4 nitrogen and oxygen atoms in total. The SMILES string of the molecule is CCNC(=NCc1ccc(COC)cc1)NCCc1ccc(F)cc1. The van der Waals surface area contributed by atoms with Gasteiger partial charge in [-0.15, -0.1) is 0 Å². The molecule has 0 aromatic heterocycles. The summed E-state index contributed by atoms with van der Waals surface area (Å²) in [4.78, 5) is 4.61. The van der Waals surface area contributed by atoms with Gasteiger partial charge in [-0.1, -0.05) is 36.4 Å². The van der Waals surface area contributed by atoms with E-state index in [4.69, 9.17) is 4.74 Å². The molecule has 0 aliphatic carbocycles. The fraction of sp³-hybridized carbons (Fsp3) is 0.350. The van der Waals surface area contributed by atoms with Gasteiger partial charge in [0.05, 0.1) is 13.2 Å². The molecule has 0 aliphatic heterocycles. The zero-order chi connectivity index (χ0) is 17.9. The molecule has 0 amide bonds. The minimum Gasteiger partial charge on any atom is -0.380 e. The third kappa shape index (κ3) is 6.93. The van der Waals surface area contributed by atoms with Crippen LogP contribution in [0.2, 0.25) is 0 Å². The molecule has 0 radical (unpaired) electrons. The maximum absolute atomic E-state index is 12.9. The second-order valence-corrected chi connectivity index (χ2v) is 5.75. The second-order valence-electron chi connectivity index (χ2n) is 5.75. The third-order valence-corrected chi connectivity index (χ3v) is 3.72. The van der Waals surface area contributed by atoms with Crippen molar-refractivity contribution in [3.8, 4) is 0 Å².